The number of rotatable bonds is 1. The van der Waals surface area contributed by atoms with Crippen LogP contribution in [0.1, 0.15) is 34.6 Å². The highest BCUT2D eigenvalue weighted by Crippen LogP contribution is 2.20. The van der Waals surface area contributed by atoms with Crippen molar-refractivity contribution in [3.63, 3.8) is 0 Å². The van der Waals surface area contributed by atoms with Crippen LogP contribution in [-0.4, -0.2) is 21.0 Å². The van der Waals surface area contributed by atoms with Gasteiger partial charge in [-0.3, -0.25) is 0 Å². The van der Waals surface area contributed by atoms with Gasteiger partial charge < -0.3 is 5.11 Å². The molecule has 13 heavy (non-hydrogen) atoms. The van der Waals surface area contributed by atoms with Crippen LogP contribution in [0.5, 0.6) is 0 Å². The SMILES string of the molecule is O=C(O)c1ncnc2c1CCCC2. The maximum absolute atomic E-state index is 10.8. The Kier molecular flexibility index (Phi) is 1.96. The van der Waals surface area contributed by atoms with Crippen LogP contribution in [0.3, 0.4) is 0 Å². The zero-order valence-corrected chi connectivity index (χ0v) is 7.16. The maximum Gasteiger partial charge on any atom is 0.354 e. The highest BCUT2D eigenvalue weighted by Gasteiger charge is 2.18. The lowest BCUT2D eigenvalue weighted by Gasteiger charge is -2.14. The van der Waals surface area contributed by atoms with E-state index in [2.05, 4.69) is 9.97 Å². The fraction of sp³-hybridized carbons (Fsp3) is 0.444. The first-order valence-corrected chi connectivity index (χ1v) is 4.35. The fourth-order valence-electron chi connectivity index (χ4n) is 1.71. The minimum absolute atomic E-state index is 0.185. The van der Waals surface area contributed by atoms with Crippen molar-refractivity contribution in [3.05, 3.63) is 23.3 Å². The Balaban J connectivity index is 2.52. The number of aromatic nitrogens is 2. The minimum atomic E-state index is -0.944. The zero-order valence-electron chi connectivity index (χ0n) is 7.16. The Labute approximate surface area is 75.6 Å². The normalized spacial score (nSPS) is 15.1. The van der Waals surface area contributed by atoms with Gasteiger partial charge in [0.05, 0.1) is 0 Å². The number of hydrogen-bond donors (Lipinski definition) is 1. The number of aromatic carboxylic acids is 1. The molecule has 0 unspecified atom stereocenters. The van der Waals surface area contributed by atoms with Crippen LogP contribution >= 0.6 is 0 Å². The van der Waals surface area contributed by atoms with E-state index in [9.17, 15) is 4.79 Å². The average Bonchev–Trinajstić information content (AvgIpc) is 2.17. The molecule has 0 amide bonds. The summed E-state index contributed by atoms with van der Waals surface area (Å²) in [5.41, 5.74) is 1.93. The fourth-order valence-corrected chi connectivity index (χ4v) is 1.71. The van der Waals surface area contributed by atoms with Gasteiger partial charge in [0.2, 0.25) is 0 Å². The Bertz CT molecular complexity index is 349. The molecule has 1 heterocycles. The van der Waals surface area contributed by atoms with Crippen molar-refractivity contribution in [1.82, 2.24) is 9.97 Å². The van der Waals surface area contributed by atoms with Gasteiger partial charge in [0.15, 0.2) is 5.69 Å². The van der Waals surface area contributed by atoms with Crippen LogP contribution in [0.4, 0.5) is 0 Å². The van der Waals surface area contributed by atoms with Crippen LogP contribution in [0, 0.1) is 0 Å². The molecule has 1 aromatic rings. The lowest BCUT2D eigenvalue weighted by atomic mass is 9.95. The Hall–Kier alpha value is -1.45. The van der Waals surface area contributed by atoms with Crippen molar-refractivity contribution in [1.29, 1.82) is 0 Å². The van der Waals surface area contributed by atoms with Gasteiger partial charge in [0.1, 0.15) is 6.33 Å². The van der Waals surface area contributed by atoms with E-state index in [0.717, 1.165) is 36.9 Å². The summed E-state index contributed by atoms with van der Waals surface area (Å²) in [7, 11) is 0. The largest absolute Gasteiger partial charge is 0.477 e. The van der Waals surface area contributed by atoms with E-state index < -0.39 is 5.97 Å². The predicted molar refractivity (Wildman–Crippen MR) is 45.6 cm³/mol. The van der Waals surface area contributed by atoms with Crippen molar-refractivity contribution in [2.45, 2.75) is 25.7 Å². The van der Waals surface area contributed by atoms with Gasteiger partial charge in [0, 0.05) is 11.3 Å². The number of hydrogen-bond acceptors (Lipinski definition) is 3. The number of carbonyl (C=O) groups is 1. The predicted octanol–water partition coefficient (Wildman–Crippen LogP) is 1.05. The molecule has 0 saturated heterocycles. The van der Waals surface area contributed by atoms with Crippen LogP contribution in [0.15, 0.2) is 6.33 Å². The molecule has 4 heteroatoms. The molecule has 0 bridgehead atoms. The molecule has 0 radical (unpaired) electrons. The van der Waals surface area contributed by atoms with Crippen LogP contribution in [0.2, 0.25) is 0 Å². The quantitative estimate of drug-likeness (QED) is 0.698. The van der Waals surface area contributed by atoms with Crippen LogP contribution in [-0.2, 0) is 12.8 Å². The summed E-state index contributed by atoms with van der Waals surface area (Å²) < 4.78 is 0. The third-order valence-corrected chi connectivity index (χ3v) is 2.33. The number of fused-ring (bicyclic) bond motifs is 1. The van der Waals surface area contributed by atoms with Crippen molar-refractivity contribution in [2.75, 3.05) is 0 Å². The summed E-state index contributed by atoms with van der Waals surface area (Å²) in [5, 5.41) is 8.85. The molecular weight excluding hydrogens is 168 g/mol. The monoisotopic (exact) mass is 178 g/mol. The van der Waals surface area contributed by atoms with Gasteiger partial charge in [-0.25, -0.2) is 14.8 Å². The molecule has 0 aromatic carbocycles. The summed E-state index contributed by atoms with van der Waals surface area (Å²) in [6, 6.07) is 0. The number of carboxylic acid groups (broad SMARTS) is 1. The molecule has 4 nitrogen and oxygen atoms in total. The van der Waals surface area contributed by atoms with Crippen molar-refractivity contribution in [2.24, 2.45) is 0 Å². The Morgan fingerprint density at radius 3 is 2.85 bits per heavy atom. The van der Waals surface area contributed by atoms with Gasteiger partial charge >= 0.3 is 5.97 Å². The lowest BCUT2D eigenvalue weighted by Crippen LogP contribution is -2.13. The van der Waals surface area contributed by atoms with Gasteiger partial charge in [-0.15, -0.1) is 0 Å². The second-order valence-electron chi connectivity index (χ2n) is 3.16. The standard InChI is InChI=1S/C9H10N2O2/c12-9(13)8-6-3-1-2-4-7(6)10-5-11-8/h5H,1-4H2,(H,12,13). The lowest BCUT2D eigenvalue weighted by molar-refractivity contribution is 0.0688. The molecule has 1 aliphatic rings. The first-order valence-electron chi connectivity index (χ1n) is 4.35. The molecular formula is C9H10N2O2. The van der Waals surface area contributed by atoms with Gasteiger partial charge in [-0.1, -0.05) is 0 Å². The third kappa shape index (κ3) is 1.39. The first kappa shape index (κ1) is 8.16. The van der Waals surface area contributed by atoms with Crippen molar-refractivity contribution in [3.8, 4) is 0 Å². The molecule has 0 spiro atoms. The van der Waals surface area contributed by atoms with E-state index in [1.807, 2.05) is 0 Å². The van der Waals surface area contributed by atoms with Gasteiger partial charge in [-0.05, 0) is 25.7 Å². The van der Waals surface area contributed by atoms with E-state index in [1.165, 1.54) is 6.33 Å². The summed E-state index contributed by atoms with van der Waals surface area (Å²) in [6.45, 7) is 0. The van der Waals surface area contributed by atoms with Crippen molar-refractivity contribution < 1.29 is 9.90 Å². The Morgan fingerprint density at radius 2 is 2.08 bits per heavy atom. The van der Waals surface area contributed by atoms with Gasteiger partial charge in [-0.2, -0.15) is 0 Å². The van der Waals surface area contributed by atoms with Crippen molar-refractivity contribution >= 4 is 5.97 Å². The number of aryl methyl sites for hydroxylation is 1. The molecule has 0 saturated carbocycles. The topological polar surface area (TPSA) is 63.1 Å². The summed E-state index contributed by atoms with van der Waals surface area (Å²) in [6.07, 6.45) is 5.17. The highest BCUT2D eigenvalue weighted by molar-refractivity contribution is 5.87. The summed E-state index contributed by atoms with van der Waals surface area (Å²) >= 11 is 0. The number of nitrogens with zero attached hydrogens (tertiary/aromatic N) is 2. The summed E-state index contributed by atoms with van der Waals surface area (Å²) in [4.78, 5) is 18.7. The first-order chi connectivity index (χ1) is 6.29. The van der Waals surface area contributed by atoms with E-state index >= 15 is 0 Å². The van der Waals surface area contributed by atoms with E-state index in [1.54, 1.807) is 0 Å². The molecule has 0 fully saturated rings. The van der Waals surface area contributed by atoms with Gasteiger partial charge in [0.25, 0.3) is 0 Å². The molecule has 0 atom stereocenters. The van der Waals surface area contributed by atoms with E-state index in [-0.39, 0.29) is 5.69 Å². The minimum Gasteiger partial charge on any atom is -0.477 e. The second-order valence-corrected chi connectivity index (χ2v) is 3.16. The maximum atomic E-state index is 10.8. The molecule has 0 aliphatic heterocycles. The molecule has 2 rings (SSSR count). The third-order valence-electron chi connectivity index (χ3n) is 2.33. The van der Waals surface area contributed by atoms with Crippen LogP contribution < -0.4 is 0 Å². The second kappa shape index (κ2) is 3.12. The van der Waals surface area contributed by atoms with Crippen LogP contribution in [0.25, 0.3) is 0 Å². The number of carboxylic acids is 1. The Morgan fingerprint density at radius 1 is 1.31 bits per heavy atom. The highest BCUT2D eigenvalue weighted by atomic mass is 16.4. The zero-order chi connectivity index (χ0) is 9.26. The molecule has 1 N–H and O–H groups in total. The molecule has 1 aliphatic carbocycles. The molecule has 1 aromatic heterocycles. The van der Waals surface area contributed by atoms with E-state index in [4.69, 9.17) is 5.11 Å². The van der Waals surface area contributed by atoms with E-state index in [0.29, 0.717) is 0 Å². The summed E-state index contributed by atoms with van der Waals surface area (Å²) in [5.74, 6) is -0.944. The average molecular weight is 178 g/mol. The smallest absolute Gasteiger partial charge is 0.354 e. The molecule has 68 valence electrons.